The fourth-order valence-corrected chi connectivity index (χ4v) is 4.34. The second kappa shape index (κ2) is 10.2. The molecule has 0 aromatic heterocycles. The highest BCUT2D eigenvalue weighted by atomic mass is 16.3. The summed E-state index contributed by atoms with van der Waals surface area (Å²) in [5.74, 6) is 0.409. The first-order valence-corrected chi connectivity index (χ1v) is 11.7. The SMILES string of the molecule is Oc1ccc2ccccc2c1C=NCC(Cc1ccccc1)N=Cc1c(O)ccc2ccccc12. The smallest absolute Gasteiger partial charge is 0.124 e. The van der Waals surface area contributed by atoms with Crippen LogP contribution in [0.1, 0.15) is 16.7 Å². The lowest BCUT2D eigenvalue weighted by atomic mass is 10.0. The predicted molar refractivity (Wildman–Crippen MR) is 145 cm³/mol. The van der Waals surface area contributed by atoms with E-state index in [-0.39, 0.29) is 17.5 Å². The van der Waals surface area contributed by atoms with Crippen LogP contribution in [-0.4, -0.2) is 35.2 Å². The van der Waals surface area contributed by atoms with E-state index in [0.717, 1.165) is 21.5 Å². The second-order valence-corrected chi connectivity index (χ2v) is 8.55. The molecule has 0 radical (unpaired) electrons. The monoisotopic (exact) mass is 458 g/mol. The van der Waals surface area contributed by atoms with Crippen LogP contribution in [0.3, 0.4) is 0 Å². The largest absolute Gasteiger partial charge is 0.507 e. The summed E-state index contributed by atoms with van der Waals surface area (Å²) in [6.07, 6.45) is 4.21. The van der Waals surface area contributed by atoms with Crippen molar-refractivity contribution in [3.05, 3.63) is 120 Å². The molecule has 5 aromatic rings. The number of hydrogen-bond donors (Lipinski definition) is 2. The van der Waals surface area contributed by atoms with Crippen LogP contribution < -0.4 is 0 Å². The molecule has 5 aromatic carbocycles. The minimum atomic E-state index is -0.135. The van der Waals surface area contributed by atoms with Crippen molar-refractivity contribution < 1.29 is 10.2 Å². The summed E-state index contributed by atoms with van der Waals surface area (Å²) in [6, 6.07) is 33.2. The molecule has 1 atom stereocenters. The number of phenols is 2. The first-order chi connectivity index (χ1) is 17.2. The fourth-order valence-electron chi connectivity index (χ4n) is 4.34. The molecule has 0 saturated carbocycles. The van der Waals surface area contributed by atoms with Gasteiger partial charge in [0.15, 0.2) is 0 Å². The van der Waals surface area contributed by atoms with Crippen LogP contribution >= 0.6 is 0 Å². The number of hydrogen-bond acceptors (Lipinski definition) is 4. The van der Waals surface area contributed by atoms with Crippen molar-refractivity contribution in [3.8, 4) is 11.5 Å². The summed E-state index contributed by atoms with van der Waals surface area (Å²) in [6.45, 7) is 0.444. The van der Waals surface area contributed by atoms with E-state index in [0.29, 0.717) is 24.1 Å². The van der Waals surface area contributed by atoms with Gasteiger partial charge in [-0.1, -0.05) is 91.0 Å². The molecule has 0 heterocycles. The number of nitrogens with zero attached hydrogens (tertiary/aromatic N) is 2. The van der Waals surface area contributed by atoms with Gasteiger partial charge in [0.1, 0.15) is 11.5 Å². The number of aromatic hydroxyl groups is 2. The zero-order chi connectivity index (χ0) is 24.0. The van der Waals surface area contributed by atoms with E-state index < -0.39 is 0 Å². The zero-order valence-corrected chi connectivity index (χ0v) is 19.3. The summed E-state index contributed by atoms with van der Waals surface area (Å²) >= 11 is 0. The highest BCUT2D eigenvalue weighted by Gasteiger charge is 2.10. The highest BCUT2D eigenvalue weighted by molar-refractivity contribution is 6.03. The van der Waals surface area contributed by atoms with Gasteiger partial charge in [-0.05, 0) is 45.7 Å². The Hall–Kier alpha value is -4.44. The Morgan fingerprint density at radius 1 is 0.600 bits per heavy atom. The first kappa shape index (κ1) is 22.4. The molecule has 35 heavy (non-hydrogen) atoms. The van der Waals surface area contributed by atoms with Crippen LogP contribution in [0.15, 0.2) is 113 Å². The van der Waals surface area contributed by atoms with Gasteiger partial charge < -0.3 is 10.2 Å². The summed E-state index contributed by atoms with van der Waals surface area (Å²) in [7, 11) is 0. The number of benzene rings is 5. The molecule has 1 unspecified atom stereocenters. The fraction of sp³-hybridized carbons (Fsp3) is 0.0968. The van der Waals surface area contributed by atoms with Gasteiger partial charge in [-0.15, -0.1) is 0 Å². The van der Waals surface area contributed by atoms with Gasteiger partial charge in [-0.25, -0.2) is 0 Å². The van der Waals surface area contributed by atoms with Gasteiger partial charge >= 0.3 is 0 Å². The van der Waals surface area contributed by atoms with Gasteiger partial charge in [0, 0.05) is 23.6 Å². The van der Waals surface area contributed by atoms with Crippen LogP contribution in [0, 0.1) is 0 Å². The van der Waals surface area contributed by atoms with Crippen LogP contribution in [0.2, 0.25) is 0 Å². The molecule has 0 aliphatic rings. The van der Waals surface area contributed by atoms with E-state index in [4.69, 9.17) is 4.99 Å². The van der Waals surface area contributed by atoms with Crippen molar-refractivity contribution >= 4 is 34.0 Å². The highest BCUT2D eigenvalue weighted by Crippen LogP contribution is 2.27. The minimum absolute atomic E-state index is 0.135. The number of fused-ring (bicyclic) bond motifs is 2. The Kier molecular flexibility index (Phi) is 6.53. The van der Waals surface area contributed by atoms with Crippen LogP contribution in [0.25, 0.3) is 21.5 Å². The van der Waals surface area contributed by atoms with E-state index in [1.54, 1.807) is 24.6 Å². The van der Waals surface area contributed by atoms with Gasteiger partial charge in [0.2, 0.25) is 0 Å². The lowest BCUT2D eigenvalue weighted by molar-refractivity contribution is 0.474. The van der Waals surface area contributed by atoms with E-state index >= 15 is 0 Å². The Bertz CT molecular complexity index is 1520. The van der Waals surface area contributed by atoms with Crippen molar-refractivity contribution in [2.75, 3.05) is 6.54 Å². The molecule has 4 nitrogen and oxygen atoms in total. The summed E-state index contributed by atoms with van der Waals surface area (Å²) < 4.78 is 0. The van der Waals surface area contributed by atoms with Gasteiger partial charge in [-0.2, -0.15) is 0 Å². The van der Waals surface area contributed by atoms with Crippen LogP contribution in [-0.2, 0) is 6.42 Å². The van der Waals surface area contributed by atoms with Crippen LogP contribution in [0.5, 0.6) is 11.5 Å². The number of rotatable bonds is 7. The van der Waals surface area contributed by atoms with Crippen LogP contribution in [0.4, 0.5) is 0 Å². The first-order valence-electron chi connectivity index (χ1n) is 11.7. The normalized spacial score (nSPS) is 12.7. The third-order valence-electron chi connectivity index (χ3n) is 6.16. The lowest BCUT2D eigenvalue weighted by Gasteiger charge is -2.12. The number of phenolic OH excluding ortho intramolecular Hbond substituents is 2. The summed E-state index contributed by atoms with van der Waals surface area (Å²) in [5.41, 5.74) is 2.58. The molecule has 0 saturated heterocycles. The quantitative estimate of drug-likeness (QED) is 0.272. The van der Waals surface area contributed by atoms with Gasteiger partial charge in [0.05, 0.1) is 12.6 Å². The maximum Gasteiger partial charge on any atom is 0.124 e. The van der Waals surface area contributed by atoms with E-state index in [1.165, 1.54) is 5.56 Å². The maximum atomic E-state index is 10.5. The van der Waals surface area contributed by atoms with Crippen molar-refractivity contribution in [3.63, 3.8) is 0 Å². The Morgan fingerprint density at radius 3 is 1.77 bits per heavy atom. The molecule has 5 rings (SSSR count). The molecule has 0 spiro atoms. The molecular weight excluding hydrogens is 432 g/mol. The van der Waals surface area contributed by atoms with E-state index in [9.17, 15) is 10.2 Å². The average molecular weight is 459 g/mol. The third kappa shape index (κ3) is 5.07. The van der Waals surface area contributed by atoms with Gasteiger partial charge in [-0.3, -0.25) is 9.98 Å². The standard InChI is InChI=1S/C31H26N2O2/c34-30-16-14-23-10-4-6-12-26(23)28(30)20-32-19-25(18-22-8-2-1-3-9-22)33-21-29-27-13-7-5-11-24(27)15-17-31(29)35/h1-17,20-21,25,34-35H,18-19H2. The molecular formula is C31H26N2O2. The van der Waals surface area contributed by atoms with E-state index in [2.05, 4.69) is 17.1 Å². The molecule has 0 aliphatic heterocycles. The zero-order valence-electron chi connectivity index (χ0n) is 19.3. The van der Waals surface area contributed by atoms with Gasteiger partial charge in [0.25, 0.3) is 0 Å². The summed E-state index contributed by atoms with van der Waals surface area (Å²) in [5, 5.41) is 25.0. The van der Waals surface area contributed by atoms with E-state index in [1.807, 2.05) is 78.9 Å². The molecule has 0 aliphatic carbocycles. The Morgan fingerprint density at radius 2 is 1.14 bits per heavy atom. The molecule has 0 fully saturated rings. The summed E-state index contributed by atoms with van der Waals surface area (Å²) in [4.78, 5) is 9.54. The number of aliphatic imine (C=N–C) groups is 2. The van der Waals surface area contributed by atoms with Crippen molar-refractivity contribution in [2.45, 2.75) is 12.5 Å². The predicted octanol–water partition coefficient (Wildman–Crippen LogP) is 6.55. The Balaban J connectivity index is 1.45. The minimum Gasteiger partial charge on any atom is -0.507 e. The van der Waals surface area contributed by atoms with Crippen molar-refractivity contribution in [1.82, 2.24) is 0 Å². The van der Waals surface area contributed by atoms with Crippen molar-refractivity contribution in [1.29, 1.82) is 0 Å². The molecule has 2 N–H and O–H groups in total. The topological polar surface area (TPSA) is 65.2 Å². The molecule has 4 heteroatoms. The lowest BCUT2D eigenvalue weighted by Crippen LogP contribution is -2.13. The molecule has 0 amide bonds. The third-order valence-corrected chi connectivity index (χ3v) is 6.16. The molecule has 0 bridgehead atoms. The maximum absolute atomic E-state index is 10.5. The second-order valence-electron chi connectivity index (χ2n) is 8.55. The van der Waals surface area contributed by atoms with Crippen molar-refractivity contribution in [2.24, 2.45) is 9.98 Å². The Labute approximate surface area is 204 Å². The average Bonchev–Trinajstić information content (AvgIpc) is 2.89. The molecule has 172 valence electrons.